The number of aromatic nitrogens is 3. The largest absolute Gasteiger partial charge is 0.355 e. The van der Waals surface area contributed by atoms with E-state index in [1.165, 1.54) is 11.3 Å². The SMILES string of the molecule is CNC(=O)c1ccc(C)c(NC(=O)Cn2c(-c3cccs3)n[nH]c2=S)c1. The number of carbonyl (C=O) groups is 2. The molecule has 2 amide bonds. The monoisotopic (exact) mass is 387 g/mol. The maximum atomic E-state index is 12.5. The zero-order valence-electron chi connectivity index (χ0n) is 14.2. The van der Waals surface area contributed by atoms with Gasteiger partial charge < -0.3 is 10.6 Å². The van der Waals surface area contributed by atoms with Crippen molar-refractivity contribution in [2.75, 3.05) is 12.4 Å². The van der Waals surface area contributed by atoms with E-state index in [1.54, 1.807) is 29.8 Å². The van der Waals surface area contributed by atoms with E-state index in [1.807, 2.05) is 24.4 Å². The Balaban J connectivity index is 1.82. The van der Waals surface area contributed by atoms with Gasteiger partial charge in [-0.1, -0.05) is 12.1 Å². The molecule has 0 atom stereocenters. The number of anilines is 1. The van der Waals surface area contributed by atoms with E-state index in [4.69, 9.17) is 12.2 Å². The highest BCUT2D eigenvalue weighted by Crippen LogP contribution is 2.23. The number of rotatable bonds is 5. The first kappa shape index (κ1) is 18.0. The summed E-state index contributed by atoms with van der Waals surface area (Å²) in [6.07, 6.45) is 0. The van der Waals surface area contributed by atoms with Gasteiger partial charge >= 0.3 is 0 Å². The van der Waals surface area contributed by atoms with Gasteiger partial charge in [-0.3, -0.25) is 19.3 Å². The minimum Gasteiger partial charge on any atom is -0.355 e. The van der Waals surface area contributed by atoms with Crippen LogP contribution in [0.15, 0.2) is 35.7 Å². The first-order valence-electron chi connectivity index (χ1n) is 7.81. The molecule has 0 aliphatic carbocycles. The molecule has 2 aromatic heterocycles. The molecule has 0 aliphatic rings. The zero-order valence-corrected chi connectivity index (χ0v) is 15.8. The third-order valence-electron chi connectivity index (χ3n) is 3.80. The third kappa shape index (κ3) is 3.73. The summed E-state index contributed by atoms with van der Waals surface area (Å²) in [6.45, 7) is 1.88. The lowest BCUT2D eigenvalue weighted by Crippen LogP contribution is -2.21. The number of aryl methyl sites for hydroxylation is 1. The van der Waals surface area contributed by atoms with E-state index < -0.39 is 0 Å². The number of benzene rings is 1. The number of hydrogen-bond acceptors (Lipinski definition) is 5. The van der Waals surface area contributed by atoms with Gasteiger partial charge in [-0.2, -0.15) is 5.10 Å². The molecule has 134 valence electrons. The smallest absolute Gasteiger partial charge is 0.251 e. The van der Waals surface area contributed by atoms with Crippen molar-refractivity contribution in [3.8, 4) is 10.7 Å². The summed E-state index contributed by atoms with van der Waals surface area (Å²) in [5.41, 5.74) is 1.93. The van der Waals surface area contributed by atoms with Crippen LogP contribution < -0.4 is 10.6 Å². The lowest BCUT2D eigenvalue weighted by molar-refractivity contribution is -0.116. The van der Waals surface area contributed by atoms with E-state index in [9.17, 15) is 9.59 Å². The molecule has 26 heavy (non-hydrogen) atoms. The fourth-order valence-corrected chi connectivity index (χ4v) is 3.35. The van der Waals surface area contributed by atoms with Crippen molar-refractivity contribution >= 4 is 41.1 Å². The normalized spacial score (nSPS) is 10.5. The average Bonchev–Trinajstić information content (AvgIpc) is 3.27. The molecule has 7 nitrogen and oxygen atoms in total. The van der Waals surface area contributed by atoms with E-state index >= 15 is 0 Å². The number of aromatic amines is 1. The van der Waals surface area contributed by atoms with Crippen molar-refractivity contribution in [1.82, 2.24) is 20.1 Å². The number of nitrogens with one attached hydrogen (secondary N) is 3. The highest BCUT2D eigenvalue weighted by atomic mass is 32.1. The number of carbonyl (C=O) groups excluding carboxylic acids is 2. The molecule has 0 radical (unpaired) electrons. The Labute approximate surface area is 159 Å². The quantitative estimate of drug-likeness (QED) is 0.587. The summed E-state index contributed by atoms with van der Waals surface area (Å²) in [7, 11) is 1.56. The minimum atomic E-state index is -0.252. The Morgan fingerprint density at radius 3 is 2.85 bits per heavy atom. The Bertz CT molecular complexity index is 1000. The summed E-state index contributed by atoms with van der Waals surface area (Å²) in [6, 6.07) is 8.99. The van der Waals surface area contributed by atoms with Crippen LogP contribution in [0.2, 0.25) is 0 Å². The van der Waals surface area contributed by atoms with Gasteiger partial charge in [-0.15, -0.1) is 11.3 Å². The molecule has 3 rings (SSSR count). The number of thiophene rings is 1. The van der Waals surface area contributed by atoms with Crippen LogP contribution in [-0.4, -0.2) is 33.6 Å². The van der Waals surface area contributed by atoms with E-state index in [0.717, 1.165) is 10.4 Å². The molecule has 2 heterocycles. The molecular weight excluding hydrogens is 370 g/mol. The first-order valence-corrected chi connectivity index (χ1v) is 9.10. The molecule has 0 spiro atoms. The van der Waals surface area contributed by atoms with Gasteiger partial charge in [0.05, 0.1) is 4.88 Å². The highest BCUT2D eigenvalue weighted by Gasteiger charge is 2.14. The number of H-pyrrole nitrogens is 1. The second kappa shape index (κ2) is 7.63. The van der Waals surface area contributed by atoms with Crippen LogP contribution in [0.1, 0.15) is 15.9 Å². The van der Waals surface area contributed by atoms with E-state index in [2.05, 4.69) is 20.8 Å². The van der Waals surface area contributed by atoms with Crippen molar-refractivity contribution < 1.29 is 9.59 Å². The van der Waals surface area contributed by atoms with Crippen molar-refractivity contribution in [3.05, 3.63) is 51.6 Å². The fourth-order valence-electron chi connectivity index (χ4n) is 2.43. The maximum Gasteiger partial charge on any atom is 0.251 e. The summed E-state index contributed by atoms with van der Waals surface area (Å²) in [4.78, 5) is 25.2. The molecule has 0 saturated carbocycles. The maximum absolute atomic E-state index is 12.5. The van der Waals surface area contributed by atoms with Crippen LogP contribution in [0, 0.1) is 11.7 Å². The summed E-state index contributed by atoms with van der Waals surface area (Å²) >= 11 is 6.76. The second-order valence-corrected chi connectivity index (χ2v) is 6.91. The van der Waals surface area contributed by atoms with Gasteiger partial charge in [-0.05, 0) is 48.3 Å². The molecule has 0 unspecified atom stereocenters. The Hall–Kier alpha value is -2.78. The van der Waals surface area contributed by atoms with Crippen LogP contribution in [0.3, 0.4) is 0 Å². The van der Waals surface area contributed by atoms with Gasteiger partial charge in [0.1, 0.15) is 6.54 Å². The summed E-state index contributed by atoms with van der Waals surface area (Å²) in [5, 5.41) is 14.3. The van der Waals surface area contributed by atoms with Crippen molar-refractivity contribution in [3.63, 3.8) is 0 Å². The fraction of sp³-hybridized carbons (Fsp3) is 0.176. The number of nitrogens with zero attached hydrogens (tertiary/aromatic N) is 2. The third-order valence-corrected chi connectivity index (χ3v) is 4.98. The van der Waals surface area contributed by atoms with Gasteiger partial charge in [-0.25, -0.2) is 0 Å². The minimum absolute atomic E-state index is 0.0200. The lowest BCUT2D eigenvalue weighted by Gasteiger charge is -2.11. The van der Waals surface area contributed by atoms with E-state index in [-0.39, 0.29) is 18.4 Å². The van der Waals surface area contributed by atoms with Gasteiger partial charge in [0, 0.05) is 18.3 Å². The summed E-state index contributed by atoms with van der Waals surface area (Å²) < 4.78 is 2.02. The Kier molecular flexibility index (Phi) is 5.29. The lowest BCUT2D eigenvalue weighted by atomic mass is 10.1. The van der Waals surface area contributed by atoms with Crippen LogP contribution in [0.25, 0.3) is 10.7 Å². The molecule has 0 saturated heterocycles. The molecule has 3 aromatic rings. The van der Waals surface area contributed by atoms with Crippen molar-refractivity contribution in [2.24, 2.45) is 0 Å². The predicted molar refractivity (Wildman–Crippen MR) is 104 cm³/mol. The Morgan fingerprint density at radius 2 is 2.15 bits per heavy atom. The van der Waals surface area contributed by atoms with Gasteiger partial charge in [0.15, 0.2) is 10.6 Å². The second-order valence-electron chi connectivity index (χ2n) is 5.57. The first-order chi connectivity index (χ1) is 12.5. The Morgan fingerprint density at radius 1 is 1.35 bits per heavy atom. The topological polar surface area (TPSA) is 91.8 Å². The molecule has 0 fully saturated rings. The van der Waals surface area contributed by atoms with Crippen molar-refractivity contribution in [2.45, 2.75) is 13.5 Å². The molecule has 3 N–H and O–H groups in total. The van der Waals surface area contributed by atoms with Gasteiger partial charge in [0.2, 0.25) is 5.91 Å². The van der Waals surface area contributed by atoms with Crippen molar-refractivity contribution in [1.29, 1.82) is 0 Å². The predicted octanol–water partition coefficient (Wildman–Crippen LogP) is 2.98. The number of amides is 2. The average molecular weight is 387 g/mol. The van der Waals surface area contributed by atoms with Gasteiger partial charge in [0.25, 0.3) is 5.91 Å². The van der Waals surface area contributed by atoms with Crippen LogP contribution in [0.5, 0.6) is 0 Å². The highest BCUT2D eigenvalue weighted by molar-refractivity contribution is 7.71. The standard InChI is InChI=1S/C17H17N5O2S2/c1-10-5-6-11(16(24)18-2)8-12(10)19-14(23)9-22-15(20-21-17(22)25)13-4-3-7-26-13/h3-8H,9H2,1-2H3,(H,18,24)(H,19,23)(H,21,25). The zero-order chi connectivity index (χ0) is 18.7. The van der Waals surface area contributed by atoms with Crippen LogP contribution >= 0.6 is 23.6 Å². The van der Waals surface area contributed by atoms with E-state index in [0.29, 0.717) is 21.8 Å². The molecule has 0 bridgehead atoms. The molecule has 1 aromatic carbocycles. The van der Waals surface area contributed by atoms with Crippen LogP contribution in [-0.2, 0) is 11.3 Å². The summed E-state index contributed by atoms with van der Waals surface area (Å²) in [5.74, 6) is 0.158. The van der Waals surface area contributed by atoms with Crippen LogP contribution in [0.4, 0.5) is 5.69 Å². The molecular formula is C17H17N5O2S2. The number of hydrogen-bond donors (Lipinski definition) is 3. The molecule has 0 aliphatic heterocycles. The molecule has 9 heteroatoms.